The van der Waals surface area contributed by atoms with Gasteiger partial charge in [-0.1, -0.05) is 0 Å². The average Bonchev–Trinajstić information content (AvgIpc) is 2.73. The molecule has 2 aliphatic carbocycles. The fourth-order valence-electron chi connectivity index (χ4n) is 3.11. The molecule has 4 nitrogen and oxygen atoms in total. The summed E-state index contributed by atoms with van der Waals surface area (Å²) in [4.78, 5) is 0. The maximum Gasteiger partial charge on any atom is 1.00 e. The van der Waals surface area contributed by atoms with E-state index in [2.05, 4.69) is 0 Å². The number of rotatable bonds is 3. The van der Waals surface area contributed by atoms with Crippen LogP contribution in [-0.2, 0) is 10.1 Å². The molecule has 1 N–H and O–H groups in total. The van der Waals surface area contributed by atoms with Crippen LogP contribution >= 0.6 is 0 Å². The maximum absolute atomic E-state index is 13.6. The second-order valence-electron chi connectivity index (χ2n) is 5.00. The van der Waals surface area contributed by atoms with Crippen LogP contribution in [0, 0.1) is 17.8 Å². The Morgan fingerprint density at radius 2 is 1.63 bits per heavy atom. The zero-order chi connectivity index (χ0) is 13.9. The van der Waals surface area contributed by atoms with Crippen LogP contribution in [0.1, 0.15) is 19.3 Å². The Morgan fingerprint density at radius 1 is 1.11 bits per heavy atom. The Morgan fingerprint density at radius 3 is 2.00 bits per heavy atom. The third-order valence-corrected chi connectivity index (χ3v) is 4.85. The van der Waals surface area contributed by atoms with Crippen molar-refractivity contribution in [3.63, 3.8) is 0 Å². The van der Waals surface area contributed by atoms with Gasteiger partial charge in [-0.2, -0.15) is 17.6 Å². The summed E-state index contributed by atoms with van der Waals surface area (Å²) in [5.74, 6) is -8.30. The second kappa shape index (κ2) is 5.10. The summed E-state index contributed by atoms with van der Waals surface area (Å²) in [5.41, 5.74) is 0. The molecule has 4 atom stereocenters. The second-order valence-corrected chi connectivity index (χ2v) is 6.43. The number of hydrogen-bond acceptors (Lipinski definition) is 4. The van der Waals surface area contributed by atoms with Crippen molar-refractivity contribution in [2.24, 2.45) is 17.8 Å². The summed E-state index contributed by atoms with van der Waals surface area (Å²) in [7, 11) is -6.45. The van der Waals surface area contributed by atoms with Crippen molar-refractivity contribution in [3.05, 3.63) is 0 Å². The molecule has 0 aromatic heterocycles. The molecule has 0 radical (unpaired) electrons. The van der Waals surface area contributed by atoms with Gasteiger partial charge in [-0.25, -0.2) is 8.42 Å². The first-order valence-corrected chi connectivity index (χ1v) is 6.78. The molecule has 0 spiro atoms. The van der Waals surface area contributed by atoms with Crippen molar-refractivity contribution in [3.8, 4) is 0 Å². The molecule has 0 saturated heterocycles. The molecule has 2 saturated carbocycles. The first-order valence-electron chi connectivity index (χ1n) is 5.37. The third kappa shape index (κ3) is 2.57. The fourth-order valence-corrected chi connectivity index (χ4v) is 3.60. The number of hydrogen-bond donors (Lipinski definition) is 1. The Kier molecular flexibility index (Phi) is 4.73. The Hall–Kier alpha value is 0.590. The van der Waals surface area contributed by atoms with Crippen LogP contribution in [0.15, 0.2) is 0 Å². The van der Waals surface area contributed by atoms with Crippen molar-refractivity contribution in [1.82, 2.24) is 0 Å². The molecule has 2 aliphatic rings. The van der Waals surface area contributed by atoms with Crippen molar-refractivity contribution >= 4 is 10.1 Å². The smallest absolute Gasteiger partial charge is 0.743 e. The molecule has 10 heteroatoms. The molecule has 19 heavy (non-hydrogen) atoms. The van der Waals surface area contributed by atoms with Gasteiger partial charge >= 0.3 is 40.7 Å². The molecule has 0 heterocycles. The van der Waals surface area contributed by atoms with E-state index in [1.54, 1.807) is 0 Å². The van der Waals surface area contributed by atoms with Gasteiger partial charge < -0.3 is 9.66 Å². The van der Waals surface area contributed by atoms with Crippen LogP contribution in [0.5, 0.6) is 0 Å². The van der Waals surface area contributed by atoms with Crippen molar-refractivity contribution in [1.29, 1.82) is 0 Å². The molecular weight excluding hydrogens is 303 g/mol. The normalized spacial score (nSPS) is 35.3. The molecule has 0 amide bonds. The van der Waals surface area contributed by atoms with Crippen molar-refractivity contribution in [2.75, 3.05) is 0 Å². The number of alkyl halides is 4. The minimum Gasteiger partial charge on any atom is -0.743 e. The summed E-state index contributed by atoms with van der Waals surface area (Å²) in [5, 5.41) is 3.77. The van der Waals surface area contributed by atoms with Gasteiger partial charge in [0.05, 0.1) is 6.10 Å². The van der Waals surface area contributed by atoms with Crippen LogP contribution < -0.4 is 29.6 Å². The average molecular weight is 314 g/mol. The summed E-state index contributed by atoms with van der Waals surface area (Å²) >= 11 is 0. The summed E-state index contributed by atoms with van der Waals surface area (Å²) in [6.45, 7) is 0. The molecule has 2 rings (SSSR count). The van der Waals surface area contributed by atoms with E-state index in [0.717, 1.165) is 0 Å². The van der Waals surface area contributed by atoms with Gasteiger partial charge in [-0.05, 0) is 31.1 Å². The van der Waals surface area contributed by atoms with E-state index in [1.165, 1.54) is 0 Å². The van der Waals surface area contributed by atoms with Gasteiger partial charge in [0, 0.05) is 5.92 Å². The standard InChI is InChI=1S/C9H12F4O4S.Na/c10-8(11,9(12,13)18(15,16)17)6-2-4-1-5(6)7(14)3-4;/h4-7,14H,1-3H2,(H,15,16,17);/q;+1/p-1. The van der Waals surface area contributed by atoms with E-state index in [9.17, 15) is 35.6 Å². The van der Waals surface area contributed by atoms with E-state index in [1.807, 2.05) is 0 Å². The Bertz CT molecular complexity index is 455. The van der Waals surface area contributed by atoms with E-state index in [-0.39, 0.29) is 54.7 Å². The molecule has 2 fully saturated rings. The largest absolute Gasteiger partial charge is 1.00 e. The fraction of sp³-hybridized carbons (Fsp3) is 1.00. The number of aliphatic hydroxyl groups is 1. The Balaban J connectivity index is 0.00000180. The van der Waals surface area contributed by atoms with Gasteiger partial charge in [0.1, 0.15) is 0 Å². The van der Waals surface area contributed by atoms with Crippen molar-refractivity contribution in [2.45, 2.75) is 36.5 Å². The molecular formula is C9H11F4NaO4S. The van der Waals surface area contributed by atoms with Crippen LogP contribution in [0.3, 0.4) is 0 Å². The number of aliphatic hydroxyl groups excluding tert-OH is 1. The van der Waals surface area contributed by atoms with Crippen LogP contribution in [0.2, 0.25) is 0 Å². The first kappa shape index (κ1) is 17.6. The first-order chi connectivity index (χ1) is 7.98. The zero-order valence-electron chi connectivity index (χ0n) is 10.0. The van der Waals surface area contributed by atoms with Gasteiger partial charge in [-0.3, -0.25) is 0 Å². The van der Waals surface area contributed by atoms with Crippen LogP contribution in [0.4, 0.5) is 17.6 Å². The van der Waals surface area contributed by atoms with Gasteiger partial charge in [0.25, 0.3) is 0 Å². The minimum atomic E-state index is -6.45. The van der Waals surface area contributed by atoms with Gasteiger partial charge in [0.15, 0.2) is 10.1 Å². The summed E-state index contributed by atoms with van der Waals surface area (Å²) in [6, 6.07) is 0. The van der Waals surface area contributed by atoms with Crippen LogP contribution in [0.25, 0.3) is 0 Å². The van der Waals surface area contributed by atoms with Gasteiger partial charge in [0.2, 0.25) is 0 Å². The predicted molar refractivity (Wildman–Crippen MR) is 49.9 cm³/mol. The summed E-state index contributed by atoms with van der Waals surface area (Å²) in [6.07, 6.45) is -1.01. The molecule has 0 aromatic carbocycles. The topological polar surface area (TPSA) is 77.4 Å². The molecule has 0 aliphatic heterocycles. The maximum atomic E-state index is 13.6. The number of fused-ring (bicyclic) bond motifs is 2. The van der Waals surface area contributed by atoms with Crippen molar-refractivity contribution < 1.29 is 65.2 Å². The molecule has 106 valence electrons. The van der Waals surface area contributed by atoms with Crippen LogP contribution in [-0.4, -0.2) is 35.4 Å². The minimum absolute atomic E-state index is 0. The van der Waals surface area contributed by atoms with E-state index >= 15 is 0 Å². The molecule has 2 bridgehead atoms. The SMILES string of the molecule is O=S(=O)([O-])C(F)(F)C(F)(F)C1CC2CC(O)C1C2.[Na+]. The third-order valence-electron chi connectivity index (χ3n) is 3.95. The van der Waals surface area contributed by atoms with E-state index in [4.69, 9.17) is 0 Å². The Labute approximate surface area is 129 Å². The van der Waals surface area contributed by atoms with Gasteiger partial charge in [-0.15, -0.1) is 0 Å². The molecule has 4 unspecified atom stereocenters. The zero-order valence-corrected chi connectivity index (χ0v) is 12.8. The monoisotopic (exact) mass is 314 g/mol. The summed E-state index contributed by atoms with van der Waals surface area (Å²) < 4.78 is 84.2. The quantitative estimate of drug-likeness (QED) is 0.378. The predicted octanol–water partition coefficient (Wildman–Crippen LogP) is -1.83. The molecule has 0 aromatic rings. The van der Waals surface area contributed by atoms with E-state index in [0.29, 0.717) is 0 Å². The number of halogens is 4. The van der Waals surface area contributed by atoms with E-state index < -0.39 is 39.2 Å².